The van der Waals surface area contributed by atoms with E-state index in [-0.39, 0.29) is 41.9 Å². The number of amides is 4. The number of hydrogen-bond acceptors (Lipinski definition) is 10. The molecule has 0 spiro atoms. The molecule has 56 heavy (non-hydrogen) atoms. The van der Waals surface area contributed by atoms with Gasteiger partial charge in [0.1, 0.15) is 11.6 Å². The summed E-state index contributed by atoms with van der Waals surface area (Å²) in [4.78, 5) is 52.7. The second-order valence-electron chi connectivity index (χ2n) is 15.9. The molecule has 0 bridgehead atoms. The van der Waals surface area contributed by atoms with Gasteiger partial charge in [0.25, 0.3) is 0 Å². The molecule has 1 saturated carbocycles. The quantitative estimate of drug-likeness (QED) is 0.129. The molecule has 4 amide bonds. The Balaban J connectivity index is 1.11. The zero-order chi connectivity index (χ0) is 39.7. The van der Waals surface area contributed by atoms with Crippen molar-refractivity contribution in [3.63, 3.8) is 0 Å². The largest absolute Gasteiger partial charge is 0.444 e. The van der Waals surface area contributed by atoms with Gasteiger partial charge in [0, 0.05) is 55.0 Å². The molecule has 0 radical (unpaired) electrons. The van der Waals surface area contributed by atoms with Gasteiger partial charge in [-0.3, -0.25) is 19.8 Å². The first-order chi connectivity index (χ1) is 26.9. The van der Waals surface area contributed by atoms with Crippen molar-refractivity contribution in [2.24, 2.45) is 22.9 Å². The third-order valence-corrected chi connectivity index (χ3v) is 10.4. The maximum absolute atomic E-state index is 13.9. The third-order valence-electron chi connectivity index (χ3n) is 10.4. The number of ether oxygens (including phenoxy) is 2. The van der Waals surface area contributed by atoms with E-state index < -0.39 is 17.7 Å². The molecule has 1 saturated heterocycles. The molecule has 2 aliphatic heterocycles. The van der Waals surface area contributed by atoms with Crippen LogP contribution in [0.2, 0.25) is 0 Å². The van der Waals surface area contributed by atoms with Crippen LogP contribution in [0.5, 0.6) is 0 Å². The lowest BCUT2D eigenvalue weighted by molar-refractivity contribution is -0.130. The number of hydrazine groups is 2. The van der Waals surface area contributed by atoms with E-state index in [1.165, 1.54) is 0 Å². The van der Waals surface area contributed by atoms with Crippen LogP contribution in [0.15, 0.2) is 71.8 Å². The molecule has 14 heteroatoms. The molecular weight excluding hydrogens is 713 g/mol. The number of amidine groups is 1. The van der Waals surface area contributed by atoms with Crippen molar-refractivity contribution in [2.45, 2.75) is 84.3 Å². The maximum atomic E-state index is 13.9. The van der Waals surface area contributed by atoms with Crippen LogP contribution >= 0.6 is 0 Å². The minimum absolute atomic E-state index is 0.0179. The summed E-state index contributed by atoms with van der Waals surface area (Å²) in [6.45, 7) is 9.16. The molecule has 3 aromatic carbocycles. The van der Waals surface area contributed by atoms with Gasteiger partial charge in [-0.05, 0) is 125 Å². The number of hydrazone groups is 1. The lowest BCUT2D eigenvalue weighted by atomic mass is 9.81. The Morgan fingerprint density at radius 3 is 2.14 bits per heavy atom. The van der Waals surface area contributed by atoms with E-state index in [0.29, 0.717) is 44.1 Å². The fourth-order valence-electron chi connectivity index (χ4n) is 7.15. The van der Waals surface area contributed by atoms with Crippen molar-refractivity contribution in [3.8, 4) is 11.1 Å². The van der Waals surface area contributed by atoms with Gasteiger partial charge >= 0.3 is 6.09 Å². The summed E-state index contributed by atoms with van der Waals surface area (Å²) in [7, 11) is 0. The normalized spacial score (nSPS) is 19.0. The Morgan fingerprint density at radius 2 is 1.48 bits per heavy atom. The summed E-state index contributed by atoms with van der Waals surface area (Å²) in [5.41, 5.74) is 13.6. The third kappa shape index (κ3) is 11.3. The topological polar surface area (TPSA) is 183 Å². The fourth-order valence-corrected chi connectivity index (χ4v) is 7.15. The van der Waals surface area contributed by atoms with E-state index in [1.54, 1.807) is 12.1 Å². The van der Waals surface area contributed by atoms with E-state index >= 15 is 0 Å². The summed E-state index contributed by atoms with van der Waals surface area (Å²) in [5.74, 6) is 0.104. The minimum Gasteiger partial charge on any atom is -0.444 e. The number of nitrogens with zero attached hydrogens (tertiary/aromatic N) is 1. The highest BCUT2D eigenvalue weighted by molar-refractivity contribution is 6.01. The predicted molar refractivity (Wildman–Crippen MR) is 215 cm³/mol. The molecule has 3 aliphatic rings. The van der Waals surface area contributed by atoms with Crippen LogP contribution in [0.1, 0.15) is 76.0 Å². The Hall–Kier alpha value is -5.47. The first kappa shape index (κ1) is 40.2. The maximum Gasteiger partial charge on any atom is 0.407 e. The molecule has 1 aliphatic carbocycles. The summed E-state index contributed by atoms with van der Waals surface area (Å²) in [6, 6.07) is 20.4. The van der Waals surface area contributed by atoms with Crippen LogP contribution in [0, 0.1) is 24.7 Å². The second kappa shape index (κ2) is 18.4. The number of nitrogens with one attached hydrogen (secondary N) is 7. The lowest BCUT2D eigenvalue weighted by Crippen LogP contribution is -2.48. The summed E-state index contributed by atoms with van der Waals surface area (Å²) in [5, 5.41) is 16.2. The van der Waals surface area contributed by atoms with Crippen molar-refractivity contribution in [1.29, 1.82) is 0 Å². The average molecular weight is 767 g/mol. The average Bonchev–Trinajstić information content (AvgIpc) is 3.73. The Bertz CT molecular complexity index is 1880. The number of benzene rings is 3. The van der Waals surface area contributed by atoms with Crippen molar-refractivity contribution in [2.75, 3.05) is 30.4 Å². The van der Waals surface area contributed by atoms with Crippen LogP contribution in [0.4, 0.5) is 16.2 Å². The molecule has 0 aromatic heterocycles. The number of carbonyl (C=O) groups excluding carboxylic acids is 4. The summed E-state index contributed by atoms with van der Waals surface area (Å²) >= 11 is 0. The van der Waals surface area contributed by atoms with Crippen LogP contribution in [-0.2, 0) is 30.3 Å². The summed E-state index contributed by atoms with van der Waals surface area (Å²) in [6.07, 6.45) is 4.16. The summed E-state index contributed by atoms with van der Waals surface area (Å²) < 4.78 is 10.8. The van der Waals surface area contributed by atoms with Gasteiger partial charge in [0.2, 0.25) is 17.7 Å². The first-order valence-corrected chi connectivity index (χ1v) is 19.5. The Labute approximate surface area is 328 Å². The number of hydrogen-bond donors (Lipinski definition) is 7. The van der Waals surface area contributed by atoms with Crippen LogP contribution in [-0.4, -0.2) is 61.1 Å². The van der Waals surface area contributed by atoms with Gasteiger partial charge in [-0.15, -0.1) is 10.6 Å². The van der Waals surface area contributed by atoms with E-state index in [9.17, 15) is 19.2 Å². The molecular formula is C42H54N8O6. The highest BCUT2D eigenvalue weighted by Gasteiger charge is 2.30. The molecule has 2 fully saturated rings. The van der Waals surface area contributed by atoms with Gasteiger partial charge in [-0.1, -0.05) is 36.4 Å². The van der Waals surface area contributed by atoms with Crippen molar-refractivity contribution < 1.29 is 28.7 Å². The van der Waals surface area contributed by atoms with Crippen LogP contribution < -0.4 is 37.8 Å². The van der Waals surface area contributed by atoms with E-state index in [2.05, 4.69) is 42.9 Å². The monoisotopic (exact) mass is 766 g/mol. The number of anilines is 2. The lowest BCUT2D eigenvalue weighted by Gasteiger charge is -2.29. The van der Waals surface area contributed by atoms with Gasteiger partial charge in [0.15, 0.2) is 5.84 Å². The Morgan fingerprint density at radius 1 is 0.821 bits per heavy atom. The van der Waals surface area contributed by atoms with E-state index in [0.717, 1.165) is 59.2 Å². The standard InChI is InChI=1S/C42H54N8O6/c1-26-5-10-33(24-35(26)45-39(52)32-19-21-55-22-20-32)29-11-6-27(7-12-29)23-36(40(53)44-34-17-15-30(16-18-34)37-47-49-50-48-37)46-38(51)31-13-8-28(9-14-31)25-43-41(54)56-42(2,3)4/h5-7,10-12,15-18,24,28,31-32,36,49-50H,8-9,13-14,19-23,25H2,1-4H3,(H,43,54)(H,44,53)(H,45,52)(H,46,51)(H,47,48). The van der Waals surface area contributed by atoms with E-state index in [1.807, 2.05) is 82.3 Å². The van der Waals surface area contributed by atoms with Gasteiger partial charge < -0.3 is 30.7 Å². The zero-order valence-corrected chi connectivity index (χ0v) is 32.6. The van der Waals surface area contributed by atoms with Gasteiger partial charge in [-0.2, -0.15) is 0 Å². The van der Waals surface area contributed by atoms with Crippen molar-refractivity contribution in [3.05, 3.63) is 83.4 Å². The molecule has 7 N–H and O–H groups in total. The highest BCUT2D eigenvalue weighted by atomic mass is 16.6. The Kier molecular flexibility index (Phi) is 13.2. The molecule has 298 valence electrons. The molecule has 2 heterocycles. The number of carbonyl (C=O) groups is 4. The number of alkyl carbamates (subject to hydrolysis) is 1. The molecule has 14 nitrogen and oxygen atoms in total. The predicted octanol–water partition coefficient (Wildman–Crippen LogP) is 5.30. The van der Waals surface area contributed by atoms with Gasteiger partial charge in [0.05, 0.1) is 0 Å². The number of aryl methyl sites for hydroxylation is 1. The first-order valence-electron chi connectivity index (χ1n) is 19.5. The molecule has 1 unspecified atom stereocenters. The zero-order valence-electron chi connectivity index (χ0n) is 32.6. The second-order valence-corrected chi connectivity index (χ2v) is 15.9. The smallest absolute Gasteiger partial charge is 0.407 e. The van der Waals surface area contributed by atoms with Crippen molar-refractivity contribution >= 4 is 41.0 Å². The van der Waals surface area contributed by atoms with Crippen LogP contribution in [0.25, 0.3) is 11.1 Å². The number of rotatable bonds is 12. The molecule has 6 rings (SSSR count). The van der Waals surface area contributed by atoms with E-state index in [4.69, 9.17) is 9.47 Å². The molecule has 1 atom stereocenters. The fraction of sp³-hybridized carbons (Fsp3) is 0.452. The van der Waals surface area contributed by atoms with Crippen LogP contribution in [0.3, 0.4) is 0 Å². The minimum atomic E-state index is -0.833. The molecule has 3 aromatic rings. The SMILES string of the molecule is Cc1ccc(-c2ccc(CC(NC(=O)C3CCC(CNC(=O)OC(C)(C)C)CC3)C(=O)Nc3ccc(C4=NNNN4)cc3)cc2)cc1NC(=O)C1CCOCC1. The highest BCUT2D eigenvalue weighted by Crippen LogP contribution is 2.30. The van der Waals surface area contributed by atoms with Gasteiger partial charge in [-0.25, -0.2) is 10.3 Å². The van der Waals surface area contributed by atoms with Crippen molar-refractivity contribution in [1.82, 2.24) is 27.1 Å².